The number of alkyl halides is 3. The van der Waals surface area contributed by atoms with Crippen molar-refractivity contribution < 1.29 is 27.9 Å². The number of carbonyl (C=O) groups is 2. The average molecular weight is 428 g/mol. The smallest absolute Gasteiger partial charge is 0.389 e. The second kappa shape index (κ2) is 9.32. The highest BCUT2D eigenvalue weighted by atomic mass is 19.4. The summed E-state index contributed by atoms with van der Waals surface area (Å²) in [6.45, 7) is 3.26. The number of β-amino-alcohol motifs (C(OH)–C–C–N with tert-alkyl or cyclic N) is 1. The molecule has 10 heteroatoms. The van der Waals surface area contributed by atoms with Crippen LogP contribution in [-0.2, 0) is 15.1 Å². The van der Waals surface area contributed by atoms with E-state index in [-0.39, 0.29) is 25.4 Å². The third-order valence-electron chi connectivity index (χ3n) is 5.66. The minimum absolute atomic E-state index is 0.0444. The fraction of sp³-hybridized carbons (Fsp3) is 0.600. The molecule has 2 amide bonds. The number of rotatable bonds is 5. The maximum Gasteiger partial charge on any atom is 0.397 e. The van der Waals surface area contributed by atoms with Gasteiger partial charge in [0, 0.05) is 39.3 Å². The zero-order chi connectivity index (χ0) is 21.8. The van der Waals surface area contributed by atoms with Crippen LogP contribution in [0.3, 0.4) is 0 Å². The molecular weight excluding hydrogens is 401 g/mol. The summed E-state index contributed by atoms with van der Waals surface area (Å²) in [6, 6.07) is 8.53. The zero-order valence-corrected chi connectivity index (χ0v) is 16.6. The molecule has 3 rings (SSSR count). The van der Waals surface area contributed by atoms with Crippen molar-refractivity contribution in [1.29, 1.82) is 0 Å². The van der Waals surface area contributed by atoms with Crippen LogP contribution in [0.1, 0.15) is 18.4 Å². The number of likely N-dealkylation sites (tertiary alicyclic amines) is 1. The van der Waals surface area contributed by atoms with Crippen LogP contribution in [0.15, 0.2) is 30.3 Å². The molecule has 166 valence electrons. The number of nitrogens with one attached hydrogen (secondary N) is 2. The molecule has 7 nitrogen and oxygen atoms in total. The lowest BCUT2D eigenvalue weighted by atomic mass is 9.78. The highest BCUT2D eigenvalue weighted by Gasteiger charge is 2.46. The summed E-state index contributed by atoms with van der Waals surface area (Å²) in [7, 11) is 0. The molecule has 3 N–H and O–H groups in total. The number of benzene rings is 1. The molecule has 0 saturated carbocycles. The number of nitrogens with zero attached hydrogens (tertiary/aromatic N) is 2. The maximum absolute atomic E-state index is 12.7. The minimum Gasteiger partial charge on any atom is -0.389 e. The number of piperazine rings is 1. The van der Waals surface area contributed by atoms with Crippen LogP contribution in [-0.4, -0.2) is 84.8 Å². The number of aliphatic hydroxyl groups excluding tert-OH is 1. The van der Waals surface area contributed by atoms with Gasteiger partial charge in [-0.05, 0) is 12.0 Å². The fourth-order valence-corrected chi connectivity index (χ4v) is 4.11. The summed E-state index contributed by atoms with van der Waals surface area (Å²) in [4.78, 5) is 28.2. The summed E-state index contributed by atoms with van der Waals surface area (Å²) >= 11 is 0. The van der Waals surface area contributed by atoms with E-state index >= 15 is 0 Å². The summed E-state index contributed by atoms with van der Waals surface area (Å²) in [5.74, 6) is -1.23. The van der Waals surface area contributed by atoms with Crippen LogP contribution >= 0.6 is 0 Å². The Morgan fingerprint density at radius 2 is 1.83 bits per heavy atom. The monoisotopic (exact) mass is 428 g/mol. The number of carbonyl (C=O) groups excluding carboxylic acids is 2. The van der Waals surface area contributed by atoms with Gasteiger partial charge >= 0.3 is 6.18 Å². The Morgan fingerprint density at radius 3 is 2.43 bits per heavy atom. The van der Waals surface area contributed by atoms with Crippen molar-refractivity contribution in [3.63, 3.8) is 0 Å². The molecule has 2 heterocycles. The van der Waals surface area contributed by atoms with E-state index in [2.05, 4.69) is 10.6 Å². The van der Waals surface area contributed by atoms with Crippen molar-refractivity contribution in [3.8, 4) is 0 Å². The van der Waals surface area contributed by atoms with E-state index in [0.29, 0.717) is 25.2 Å². The lowest BCUT2D eigenvalue weighted by molar-refractivity contribution is -0.157. The third kappa shape index (κ3) is 5.50. The molecule has 0 aromatic heterocycles. The summed E-state index contributed by atoms with van der Waals surface area (Å²) < 4.78 is 38.1. The Bertz CT molecular complexity index is 741. The van der Waals surface area contributed by atoms with Crippen LogP contribution < -0.4 is 10.6 Å². The van der Waals surface area contributed by atoms with Crippen LogP contribution in [0.2, 0.25) is 0 Å². The van der Waals surface area contributed by atoms with Gasteiger partial charge in [-0.2, -0.15) is 13.2 Å². The molecular formula is C20H27F3N4O3. The predicted octanol–water partition coefficient (Wildman–Crippen LogP) is 0.449. The highest BCUT2D eigenvalue weighted by molar-refractivity contribution is 5.79. The molecule has 0 unspecified atom stereocenters. The van der Waals surface area contributed by atoms with Gasteiger partial charge in [-0.15, -0.1) is 0 Å². The molecule has 0 spiro atoms. The topological polar surface area (TPSA) is 84.9 Å². The first-order chi connectivity index (χ1) is 14.2. The standard InChI is InChI=1S/C20H27F3N4O3/c21-20(22,23)12-17(29)25-19(15-4-2-1-3-5-15)6-9-26(13-16(19)28)14-18(30)27-10-7-24-8-11-27/h1-5,16,24,28H,6-14H2,(H,25,29)/t16-,19+/m1/s1. The predicted molar refractivity (Wildman–Crippen MR) is 103 cm³/mol. The number of halogens is 3. The van der Waals surface area contributed by atoms with E-state index in [4.69, 9.17) is 0 Å². The lowest BCUT2D eigenvalue weighted by Crippen LogP contribution is -2.63. The molecule has 2 fully saturated rings. The van der Waals surface area contributed by atoms with Gasteiger partial charge in [-0.1, -0.05) is 30.3 Å². The second-order valence-electron chi connectivity index (χ2n) is 7.81. The van der Waals surface area contributed by atoms with Gasteiger partial charge in [0.1, 0.15) is 6.42 Å². The van der Waals surface area contributed by atoms with E-state index in [1.807, 2.05) is 0 Å². The average Bonchev–Trinajstić information content (AvgIpc) is 2.70. The fourth-order valence-electron chi connectivity index (χ4n) is 4.11. The van der Waals surface area contributed by atoms with Crippen molar-refractivity contribution in [2.24, 2.45) is 0 Å². The Morgan fingerprint density at radius 1 is 1.17 bits per heavy atom. The summed E-state index contributed by atoms with van der Waals surface area (Å²) in [6.07, 6.45) is -7.22. The van der Waals surface area contributed by atoms with Crippen molar-refractivity contribution in [2.45, 2.75) is 30.7 Å². The molecule has 0 aliphatic carbocycles. The van der Waals surface area contributed by atoms with E-state index in [0.717, 1.165) is 13.1 Å². The maximum atomic E-state index is 12.7. The number of amides is 2. The molecule has 1 aromatic rings. The Labute approximate surface area is 173 Å². The first-order valence-electron chi connectivity index (χ1n) is 10.0. The van der Waals surface area contributed by atoms with Crippen molar-refractivity contribution >= 4 is 11.8 Å². The van der Waals surface area contributed by atoms with Crippen molar-refractivity contribution in [1.82, 2.24) is 20.4 Å². The summed E-state index contributed by atoms with van der Waals surface area (Å²) in [5, 5.41) is 16.6. The third-order valence-corrected chi connectivity index (χ3v) is 5.66. The Hall–Kier alpha value is -2.17. The van der Waals surface area contributed by atoms with E-state index in [1.165, 1.54) is 0 Å². The van der Waals surface area contributed by atoms with Gasteiger partial charge in [0.15, 0.2) is 0 Å². The number of aliphatic hydroxyl groups is 1. The molecule has 2 atom stereocenters. The second-order valence-corrected chi connectivity index (χ2v) is 7.81. The molecule has 2 aliphatic rings. The summed E-state index contributed by atoms with van der Waals surface area (Å²) in [5.41, 5.74) is -0.792. The van der Waals surface area contributed by atoms with E-state index in [1.54, 1.807) is 40.1 Å². The normalized spacial score (nSPS) is 25.7. The zero-order valence-electron chi connectivity index (χ0n) is 16.6. The molecule has 0 radical (unpaired) electrons. The SMILES string of the molecule is O=C(CC(F)(F)F)N[C@]1(c2ccccc2)CCN(CC(=O)N2CCNCC2)C[C@H]1O. The van der Waals surface area contributed by atoms with Crippen molar-refractivity contribution in [2.75, 3.05) is 45.8 Å². The van der Waals surface area contributed by atoms with E-state index < -0.39 is 30.1 Å². The van der Waals surface area contributed by atoms with Gasteiger partial charge in [0.25, 0.3) is 0 Å². The van der Waals surface area contributed by atoms with Gasteiger partial charge in [-0.3, -0.25) is 14.5 Å². The molecule has 1 aromatic carbocycles. The lowest BCUT2D eigenvalue weighted by Gasteiger charge is -2.46. The Kier molecular flexibility index (Phi) is 6.99. The van der Waals surface area contributed by atoms with E-state index in [9.17, 15) is 27.9 Å². The number of hydrogen-bond donors (Lipinski definition) is 3. The van der Waals surface area contributed by atoms with Crippen LogP contribution in [0.4, 0.5) is 13.2 Å². The van der Waals surface area contributed by atoms with Gasteiger partial charge in [-0.25, -0.2) is 0 Å². The van der Waals surface area contributed by atoms with Gasteiger partial charge in [0.05, 0.1) is 18.2 Å². The highest BCUT2D eigenvalue weighted by Crippen LogP contribution is 2.34. The van der Waals surface area contributed by atoms with Crippen LogP contribution in [0, 0.1) is 0 Å². The van der Waals surface area contributed by atoms with Crippen molar-refractivity contribution in [3.05, 3.63) is 35.9 Å². The molecule has 2 saturated heterocycles. The molecule has 0 bridgehead atoms. The van der Waals surface area contributed by atoms with Crippen LogP contribution in [0.5, 0.6) is 0 Å². The first kappa shape index (κ1) is 22.5. The minimum atomic E-state index is -4.64. The first-order valence-corrected chi connectivity index (χ1v) is 10.0. The molecule has 30 heavy (non-hydrogen) atoms. The van der Waals surface area contributed by atoms with Crippen LogP contribution in [0.25, 0.3) is 0 Å². The number of piperidine rings is 1. The quantitative estimate of drug-likeness (QED) is 0.634. The van der Waals surface area contributed by atoms with Gasteiger partial charge < -0.3 is 20.6 Å². The number of hydrogen-bond acceptors (Lipinski definition) is 5. The molecule has 2 aliphatic heterocycles. The Balaban J connectivity index is 1.71. The largest absolute Gasteiger partial charge is 0.397 e. The van der Waals surface area contributed by atoms with Gasteiger partial charge in [0.2, 0.25) is 11.8 Å².